The SMILES string of the molecule is Cc1cc(O[C@@H]2CCN(C(C)c3nc4c(cc3F)OCCO4)C2)ccn1. The van der Waals surface area contributed by atoms with Crippen LogP contribution in [0.4, 0.5) is 4.39 Å². The van der Waals surface area contributed by atoms with E-state index < -0.39 is 0 Å². The van der Waals surface area contributed by atoms with E-state index in [1.807, 2.05) is 26.0 Å². The number of likely N-dealkylation sites (tertiary alicyclic amines) is 1. The smallest absolute Gasteiger partial charge is 0.257 e. The Morgan fingerprint density at radius 1 is 1.31 bits per heavy atom. The lowest BCUT2D eigenvalue weighted by Gasteiger charge is -2.26. The first kappa shape index (κ1) is 17.0. The maximum Gasteiger partial charge on any atom is 0.257 e. The molecule has 26 heavy (non-hydrogen) atoms. The highest BCUT2D eigenvalue weighted by Crippen LogP contribution is 2.34. The fourth-order valence-corrected chi connectivity index (χ4v) is 3.42. The first-order chi connectivity index (χ1) is 12.6. The van der Waals surface area contributed by atoms with Crippen LogP contribution in [-0.2, 0) is 0 Å². The van der Waals surface area contributed by atoms with Gasteiger partial charge in [0, 0.05) is 37.1 Å². The van der Waals surface area contributed by atoms with E-state index >= 15 is 0 Å². The van der Waals surface area contributed by atoms with E-state index in [2.05, 4.69) is 14.9 Å². The predicted molar refractivity (Wildman–Crippen MR) is 93.2 cm³/mol. The van der Waals surface area contributed by atoms with Crippen LogP contribution in [0.15, 0.2) is 24.4 Å². The van der Waals surface area contributed by atoms with Gasteiger partial charge in [0.25, 0.3) is 5.88 Å². The molecule has 2 aromatic heterocycles. The summed E-state index contributed by atoms with van der Waals surface area (Å²) < 4.78 is 31.4. The number of fused-ring (bicyclic) bond motifs is 1. The summed E-state index contributed by atoms with van der Waals surface area (Å²) in [4.78, 5) is 10.7. The minimum atomic E-state index is -0.365. The van der Waals surface area contributed by atoms with Crippen molar-refractivity contribution < 1.29 is 18.6 Å². The largest absolute Gasteiger partial charge is 0.489 e. The number of nitrogens with zero attached hydrogens (tertiary/aromatic N) is 3. The molecular formula is C19H22FN3O3. The molecule has 2 aliphatic rings. The molecule has 4 heterocycles. The van der Waals surface area contributed by atoms with Gasteiger partial charge in [-0.25, -0.2) is 9.37 Å². The number of halogens is 1. The Bertz CT molecular complexity index is 802. The number of rotatable bonds is 4. The minimum Gasteiger partial charge on any atom is -0.489 e. The summed E-state index contributed by atoms with van der Waals surface area (Å²) in [6.07, 6.45) is 2.70. The average Bonchev–Trinajstić information content (AvgIpc) is 3.09. The second kappa shape index (κ2) is 7.07. The lowest BCUT2D eigenvalue weighted by molar-refractivity contribution is 0.158. The van der Waals surface area contributed by atoms with Crippen molar-refractivity contribution in [3.05, 3.63) is 41.6 Å². The molecule has 1 saturated heterocycles. The van der Waals surface area contributed by atoms with Crippen LogP contribution in [0, 0.1) is 12.7 Å². The van der Waals surface area contributed by atoms with E-state index in [0.717, 1.165) is 31.0 Å². The maximum atomic E-state index is 14.5. The molecule has 0 N–H and O–H groups in total. The van der Waals surface area contributed by atoms with E-state index in [1.165, 1.54) is 6.07 Å². The Morgan fingerprint density at radius 3 is 3.00 bits per heavy atom. The summed E-state index contributed by atoms with van der Waals surface area (Å²) in [7, 11) is 0. The van der Waals surface area contributed by atoms with Gasteiger partial charge in [0.05, 0.1) is 11.7 Å². The fraction of sp³-hybridized carbons (Fsp3) is 0.474. The molecule has 1 unspecified atom stereocenters. The monoisotopic (exact) mass is 359 g/mol. The van der Waals surface area contributed by atoms with Gasteiger partial charge in [-0.2, -0.15) is 0 Å². The molecule has 2 aromatic rings. The number of ether oxygens (including phenoxy) is 3. The number of aromatic nitrogens is 2. The first-order valence-corrected chi connectivity index (χ1v) is 8.89. The molecule has 7 heteroatoms. The van der Waals surface area contributed by atoms with Gasteiger partial charge in [0.15, 0.2) is 5.75 Å². The third-order valence-electron chi connectivity index (χ3n) is 4.81. The fourth-order valence-electron chi connectivity index (χ4n) is 3.42. The van der Waals surface area contributed by atoms with Crippen LogP contribution in [0.5, 0.6) is 17.4 Å². The molecule has 1 fully saturated rings. The van der Waals surface area contributed by atoms with Gasteiger partial charge in [-0.15, -0.1) is 0 Å². The highest BCUT2D eigenvalue weighted by Gasteiger charge is 2.31. The van der Waals surface area contributed by atoms with Crippen LogP contribution in [-0.4, -0.2) is 47.3 Å². The van der Waals surface area contributed by atoms with Crippen molar-refractivity contribution in [2.45, 2.75) is 32.4 Å². The Hall–Kier alpha value is -2.41. The lowest BCUT2D eigenvalue weighted by Crippen LogP contribution is -2.29. The topological polar surface area (TPSA) is 56.7 Å². The Labute approximate surface area is 151 Å². The molecule has 2 aliphatic heterocycles. The zero-order chi connectivity index (χ0) is 18.1. The highest BCUT2D eigenvalue weighted by atomic mass is 19.1. The zero-order valence-electron chi connectivity index (χ0n) is 14.9. The lowest BCUT2D eigenvalue weighted by atomic mass is 10.1. The Kier molecular flexibility index (Phi) is 4.63. The third-order valence-corrected chi connectivity index (χ3v) is 4.81. The molecule has 0 aromatic carbocycles. The van der Waals surface area contributed by atoms with Crippen molar-refractivity contribution in [2.24, 2.45) is 0 Å². The van der Waals surface area contributed by atoms with E-state index in [0.29, 0.717) is 30.5 Å². The highest BCUT2D eigenvalue weighted by molar-refractivity contribution is 5.37. The van der Waals surface area contributed by atoms with Gasteiger partial charge in [0.2, 0.25) is 0 Å². The van der Waals surface area contributed by atoms with E-state index in [1.54, 1.807) is 6.20 Å². The average molecular weight is 359 g/mol. The number of pyridine rings is 2. The van der Waals surface area contributed by atoms with Gasteiger partial charge in [-0.1, -0.05) is 0 Å². The standard InChI is InChI=1S/C19H22FN3O3/c1-12-9-14(3-5-21-12)26-15-4-6-23(11-15)13(2)18-16(20)10-17-19(22-18)25-8-7-24-17/h3,5,9-10,13,15H,4,6-8,11H2,1-2H3/t13?,15-/m1/s1. The number of hydrogen-bond acceptors (Lipinski definition) is 6. The molecule has 138 valence electrons. The summed E-state index contributed by atoms with van der Waals surface area (Å²) >= 11 is 0. The van der Waals surface area contributed by atoms with Crippen molar-refractivity contribution in [3.8, 4) is 17.4 Å². The molecule has 0 spiro atoms. The minimum absolute atomic E-state index is 0.0690. The molecular weight excluding hydrogens is 337 g/mol. The van der Waals surface area contributed by atoms with Gasteiger partial charge < -0.3 is 14.2 Å². The molecule has 2 atom stereocenters. The van der Waals surface area contributed by atoms with E-state index in [9.17, 15) is 4.39 Å². The van der Waals surface area contributed by atoms with Crippen molar-refractivity contribution in [1.82, 2.24) is 14.9 Å². The van der Waals surface area contributed by atoms with Crippen LogP contribution < -0.4 is 14.2 Å². The van der Waals surface area contributed by atoms with Crippen LogP contribution in [0.1, 0.15) is 30.8 Å². The number of aryl methyl sites for hydroxylation is 1. The summed E-state index contributed by atoms with van der Waals surface area (Å²) in [5.41, 5.74) is 1.31. The Morgan fingerprint density at radius 2 is 2.15 bits per heavy atom. The second-order valence-electron chi connectivity index (χ2n) is 6.69. The predicted octanol–water partition coefficient (Wildman–Crippen LogP) is 2.91. The summed E-state index contributed by atoms with van der Waals surface area (Å²) in [6, 6.07) is 4.99. The van der Waals surface area contributed by atoms with Gasteiger partial charge in [-0.3, -0.25) is 9.88 Å². The summed E-state index contributed by atoms with van der Waals surface area (Å²) in [6.45, 7) is 6.29. The van der Waals surface area contributed by atoms with Crippen LogP contribution in [0.25, 0.3) is 0 Å². The normalized spacial score (nSPS) is 20.8. The summed E-state index contributed by atoms with van der Waals surface area (Å²) in [5.74, 6) is 1.20. The molecule has 4 rings (SSSR count). The Balaban J connectivity index is 1.45. The molecule has 6 nitrogen and oxygen atoms in total. The van der Waals surface area contributed by atoms with Crippen LogP contribution >= 0.6 is 0 Å². The first-order valence-electron chi connectivity index (χ1n) is 8.89. The molecule has 0 aliphatic carbocycles. The second-order valence-corrected chi connectivity index (χ2v) is 6.69. The van der Waals surface area contributed by atoms with Gasteiger partial charge >= 0.3 is 0 Å². The third kappa shape index (κ3) is 3.44. The van der Waals surface area contributed by atoms with Crippen molar-refractivity contribution in [2.75, 3.05) is 26.3 Å². The van der Waals surface area contributed by atoms with Crippen molar-refractivity contribution in [1.29, 1.82) is 0 Å². The van der Waals surface area contributed by atoms with Crippen LogP contribution in [0.2, 0.25) is 0 Å². The summed E-state index contributed by atoms with van der Waals surface area (Å²) in [5, 5.41) is 0. The van der Waals surface area contributed by atoms with Crippen molar-refractivity contribution in [3.63, 3.8) is 0 Å². The van der Waals surface area contributed by atoms with Crippen LogP contribution in [0.3, 0.4) is 0 Å². The molecule has 0 amide bonds. The molecule has 0 radical (unpaired) electrons. The van der Waals surface area contributed by atoms with E-state index in [4.69, 9.17) is 14.2 Å². The van der Waals surface area contributed by atoms with E-state index in [-0.39, 0.29) is 18.0 Å². The molecule has 0 saturated carbocycles. The number of hydrogen-bond donors (Lipinski definition) is 0. The zero-order valence-corrected chi connectivity index (χ0v) is 14.9. The van der Waals surface area contributed by atoms with Gasteiger partial charge in [0.1, 0.15) is 30.9 Å². The molecule has 0 bridgehead atoms. The quantitative estimate of drug-likeness (QED) is 0.837. The maximum absolute atomic E-state index is 14.5. The van der Waals surface area contributed by atoms with Gasteiger partial charge in [-0.05, 0) is 26.3 Å². The van der Waals surface area contributed by atoms with Crippen molar-refractivity contribution >= 4 is 0 Å².